The van der Waals surface area contributed by atoms with E-state index < -0.39 is 0 Å². The summed E-state index contributed by atoms with van der Waals surface area (Å²) < 4.78 is 0. The molecule has 0 aliphatic rings. The van der Waals surface area contributed by atoms with Crippen molar-refractivity contribution >= 4 is 41.3 Å². The maximum absolute atomic E-state index is 4.63. The third kappa shape index (κ3) is 7.17. The second-order valence-electron chi connectivity index (χ2n) is 5.76. The fourth-order valence-corrected chi connectivity index (χ4v) is 3.09. The van der Waals surface area contributed by atoms with Crippen LogP contribution in [0.5, 0.6) is 0 Å². The molecule has 24 heavy (non-hydrogen) atoms. The van der Waals surface area contributed by atoms with Crippen molar-refractivity contribution in [3.8, 4) is 0 Å². The van der Waals surface area contributed by atoms with Crippen molar-refractivity contribution in [3.05, 3.63) is 52.0 Å². The first-order valence-electron chi connectivity index (χ1n) is 8.11. The van der Waals surface area contributed by atoms with Crippen LogP contribution in [0.25, 0.3) is 0 Å². The highest BCUT2D eigenvalue weighted by Gasteiger charge is 2.06. The van der Waals surface area contributed by atoms with Crippen LogP contribution >= 0.6 is 35.3 Å². The molecule has 2 N–H and O–H groups in total. The van der Waals surface area contributed by atoms with Crippen molar-refractivity contribution in [2.24, 2.45) is 4.99 Å². The van der Waals surface area contributed by atoms with E-state index in [9.17, 15) is 0 Å². The second-order valence-corrected chi connectivity index (χ2v) is 6.71. The lowest BCUT2D eigenvalue weighted by molar-refractivity contribution is 0.738. The number of halogens is 1. The third-order valence-electron chi connectivity index (χ3n) is 3.57. The number of aryl methyl sites for hydroxylation is 1. The molecule has 1 heterocycles. The Labute approximate surface area is 166 Å². The van der Waals surface area contributed by atoms with Gasteiger partial charge in [-0.05, 0) is 24.3 Å². The monoisotopic (exact) mass is 458 g/mol. The van der Waals surface area contributed by atoms with Gasteiger partial charge in [0.25, 0.3) is 0 Å². The number of rotatable bonds is 7. The van der Waals surface area contributed by atoms with Crippen molar-refractivity contribution < 1.29 is 0 Å². The van der Waals surface area contributed by atoms with Crippen molar-refractivity contribution in [3.63, 3.8) is 0 Å². The SMILES string of the molecule is CN=C(NCCCc1ccccc1)NCc1nc(C(C)C)cs1.I. The van der Waals surface area contributed by atoms with Crippen LogP contribution < -0.4 is 10.6 Å². The molecule has 0 radical (unpaired) electrons. The summed E-state index contributed by atoms with van der Waals surface area (Å²) in [5.41, 5.74) is 2.54. The second kappa shape index (κ2) is 11.4. The molecule has 1 aromatic heterocycles. The van der Waals surface area contributed by atoms with Crippen molar-refractivity contribution in [2.75, 3.05) is 13.6 Å². The molecule has 0 bridgehead atoms. The average Bonchev–Trinajstić information content (AvgIpc) is 3.04. The number of benzene rings is 1. The predicted molar refractivity (Wildman–Crippen MR) is 115 cm³/mol. The lowest BCUT2D eigenvalue weighted by Crippen LogP contribution is -2.37. The van der Waals surface area contributed by atoms with Crippen LogP contribution in [0, 0.1) is 0 Å². The van der Waals surface area contributed by atoms with E-state index in [-0.39, 0.29) is 24.0 Å². The molecule has 0 amide bonds. The summed E-state index contributed by atoms with van der Waals surface area (Å²) in [6.45, 7) is 5.96. The summed E-state index contributed by atoms with van der Waals surface area (Å²) in [4.78, 5) is 8.89. The minimum absolute atomic E-state index is 0. The summed E-state index contributed by atoms with van der Waals surface area (Å²) in [6, 6.07) is 10.6. The molecule has 0 aliphatic carbocycles. The van der Waals surface area contributed by atoms with Gasteiger partial charge in [-0.2, -0.15) is 0 Å². The molecule has 0 fully saturated rings. The van der Waals surface area contributed by atoms with E-state index in [0.29, 0.717) is 5.92 Å². The Morgan fingerprint density at radius 3 is 2.58 bits per heavy atom. The Hall–Kier alpha value is -1.15. The summed E-state index contributed by atoms with van der Waals surface area (Å²) in [5, 5.41) is 9.91. The van der Waals surface area contributed by atoms with Gasteiger partial charge >= 0.3 is 0 Å². The van der Waals surface area contributed by atoms with E-state index in [1.165, 1.54) is 5.56 Å². The molecule has 0 spiro atoms. The average molecular weight is 458 g/mol. The first kappa shape index (κ1) is 20.9. The number of thiazole rings is 1. The highest BCUT2D eigenvalue weighted by Crippen LogP contribution is 2.17. The maximum atomic E-state index is 4.63. The van der Waals surface area contributed by atoms with E-state index in [1.807, 2.05) is 0 Å². The largest absolute Gasteiger partial charge is 0.356 e. The number of hydrogen-bond donors (Lipinski definition) is 2. The van der Waals surface area contributed by atoms with Gasteiger partial charge in [-0.1, -0.05) is 44.2 Å². The molecule has 0 atom stereocenters. The number of nitrogens with one attached hydrogen (secondary N) is 2. The number of aliphatic imine (C=N–C) groups is 1. The number of nitrogens with zero attached hydrogens (tertiary/aromatic N) is 2. The van der Waals surface area contributed by atoms with Gasteiger partial charge in [0.05, 0.1) is 12.2 Å². The van der Waals surface area contributed by atoms with E-state index in [0.717, 1.165) is 42.6 Å². The lowest BCUT2D eigenvalue weighted by atomic mass is 10.1. The molecule has 0 saturated carbocycles. The predicted octanol–water partition coefficient (Wildman–Crippen LogP) is 4.18. The first-order valence-corrected chi connectivity index (χ1v) is 8.99. The zero-order valence-corrected chi connectivity index (χ0v) is 17.7. The van der Waals surface area contributed by atoms with Gasteiger partial charge in [-0.25, -0.2) is 4.98 Å². The normalized spacial score (nSPS) is 11.2. The Morgan fingerprint density at radius 1 is 1.21 bits per heavy atom. The van der Waals surface area contributed by atoms with Gasteiger partial charge in [-0.3, -0.25) is 4.99 Å². The molecule has 1 aromatic carbocycles. The Morgan fingerprint density at radius 2 is 1.96 bits per heavy atom. The Bertz CT molecular complexity index is 610. The van der Waals surface area contributed by atoms with Gasteiger partial charge in [0.15, 0.2) is 5.96 Å². The van der Waals surface area contributed by atoms with Crippen molar-refractivity contribution in [2.45, 2.75) is 39.2 Å². The molecule has 4 nitrogen and oxygen atoms in total. The Balaban J connectivity index is 0.00000288. The molecular weight excluding hydrogens is 431 g/mol. The topological polar surface area (TPSA) is 49.3 Å². The zero-order valence-electron chi connectivity index (χ0n) is 14.6. The summed E-state index contributed by atoms with van der Waals surface area (Å²) in [6.07, 6.45) is 2.16. The molecule has 0 aliphatic heterocycles. The Kier molecular flexibility index (Phi) is 9.94. The highest BCUT2D eigenvalue weighted by molar-refractivity contribution is 14.0. The van der Waals surface area contributed by atoms with E-state index >= 15 is 0 Å². The van der Waals surface area contributed by atoms with Gasteiger partial charge in [0.2, 0.25) is 0 Å². The quantitative estimate of drug-likeness (QED) is 0.283. The lowest BCUT2D eigenvalue weighted by Gasteiger charge is -2.10. The van der Waals surface area contributed by atoms with Crippen molar-refractivity contribution in [1.82, 2.24) is 15.6 Å². The van der Waals surface area contributed by atoms with E-state index in [1.54, 1.807) is 18.4 Å². The summed E-state index contributed by atoms with van der Waals surface area (Å²) in [7, 11) is 1.80. The first-order chi connectivity index (χ1) is 11.2. The maximum Gasteiger partial charge on any atom is 0.191 e. The van der Waals surface area contributed by atoms with Gasteiger partial charge in [0.1, 0.15) is 5.01 Å². The van der Waals surface area contributed by atoms with Crippen LogP contribution in [0.3, 0.4) is 0 Å². The summed E-state index contributed by atoms with van der Waals surface area (Å²) >= 11 is 1.70. The fourth-order valence-electron chi connectivity index (χ4n) is 2.20. The fraction of sp³-hybridized carbons (Fsp3) is 0.444. The van der Waals surface area contributed by atoms with Gasteiger partial charge in [0, 0.05) is 19.0 Å². The molecule has 0 saturated heterocycles. The number of guanidine groups is 1. The molecule has 2 rings (SSSR count). The van der Waals surface area contributed by atoms with E-state index in [4.69, 9.17) is 0 Å². The van der Waals surface area contributed by atoms with Gasteiger partial charge < -0.3 is 10.6 Å². The van der Waals surface area contributed by atoms with Crippen LogP contribution in [0.4, 0.5) is 0 Å². The minimum atomic E-state index is 0. The zero-order chi connectivity index (χ0) is 16.5. The van der Waals surface area contributed by atoms with Crippen LogP contribution in [-0.4, -0.2) is 24.5 Å². The molecule has 0 unspecified atom stereocenters. The molecule has 6 heteroatoms. The smallest absolute Gasteiger partial charge is 0.191 e. The van der Waals surface area contributed by atoms with E-state index in [2.05, 4.69) is 70.2 Å². The van der Waals surface area contributed by atoms with Crippen LogP contribution in [-0.2, 0) is 13.0 Å². The molecular formula is C18H27IN4S. The van der Waals surface area contributed by atoms with Crippen LogP contribution in [0.1, 0.15) is 42.5 Å². The third-order valence-corrected chi connectivity index (χ3v) is 4.44. The minimum Gasteiger partial charge on any atom is -0.356 e. The highest BCUT2D eigenvalue weighted by atomic mass is 127. The van der Waals surface area contributed by atoms with Crippen molar-refractivity contribution in [1.29, 1.82) is 0 Å². The number of hydrogen-bond acceptors (Lipinski definition) is 3. The summed E-state index contributed by atoms with van der Waals surface area (Å²) in [5.74, 6) is 1.31. The standard InChI is InChI=1S/C18H26N4S.HI/c1-14(2)16-13-23-17(22-16)12-21-18(19-3)20-11-7-10-15-8-5-4-6-9-15;/h4-6,8-9,13-14H,7,10-12H2,1-3H3,(H2,19,20,21);1H. The van der Waals surface area contributed by atoms with Crippen LogP contribution in [0.2, 0.25) is 0 Å². The molecule has 132 valence electrons. The number of aromatic nitrogens is 1. The van der Waals surface area contributed by atoms with Gasteiger partial charge in [-0.15, -0.1) is 35.3 Å². The molecule has 2 aromatic rings. The van der Waals surface area contributed by atoms with Crippen LogP contribution in [0.15, 0.2) is 40.7 Å².